The van der Waals surface area contributed by atoms with Gasteiger partial charge in [-0.2, -0.15) is 5.10 Å². The zero-order chi connectivity index (χ0) is 15.1. The molecule has 2 aliphatic rings. The van der Waals surface area contributed by atoms with Gasteiger partial charge < -0.3 is 9.64 Å². The van der Waals surface area contributed by atoms with E-state index < -0.39 is 0 Å². The summed E-state index contributed by atoms with van der Waals surface area (Å²) in [6, 6.07) is 1.82. The number of aromatic nitrogens is 2. The largest absolute Gasteiger partial charge is 0.466 e. The van der Waals surface area contributed by atoms with Crippen LogP contribution in [0.3, 0.4) is 0 Å². The lowest BCUT2D eigenvalue weighted by Crippen LogP contribution is -2.33. The normalized spacial score (nSPS) is 26.9. The highest BCUT2D eigenvalue weighted by atomic mass is 16.5. The predicted octanol–water partition coefficient (Wildman–Crippen LogP) is 1.41. The summed E-state index contributed by atoms with van der Waals surface area (Å²) in [6.07, 6.45) is 0. The van der Waals surface area contributed by atoms with Crippen molar-refractivity contribution in [2.45, 2.75) is 26.7 Å². The first-order valence-electron chi connectivity index (χ1n) is 7.54. The van der Waals surface area contributed by atoms with Crippen LogP contribution in [0.4, 0.5) is 0 Å². The van der Waals surface area contributed by atoms with Gasteiger partial charge in [0.15, 0.2) is 0 Å². The predicted molar refractivity (Wildman–Crippen MR) is 75.7 cm³/mol. The molecule has 1 unspecified atom stereocenters. The van der Waals surface area contributed by atoms with Crippen LogP contribution in [0.2, 0.25) is 0 Å². The molecule has 3 atom stereocenters. The number of likely N-dealkylation sites (tertiary alicyclic amines) is 1. The van der Waals surface area contributed by atoms with Crippen LogP contribution in [-0.4, -0.2) is 46.7 Å². The van der Waals surface area contributed by atoms with Crippen molar-refractivity contribution in [2.75, 3.05) is 19.7 Å². The van der Waals surface area contributed by atoms with Crippen LogP contribution in [0.15, 0.2) is 6.07 Å². The SMILES string of the molecule is CCOC(=O)C1[C@H]2CN(C(=O)c3cc(C(C)C)[nH]n3)C[C@@H]12. The molecule has 1 aliphatic heterocycles. The zero-order valence-corrected chi connectivity index (χ0v) is 12.6. The number of esters is 1. The van der Waals surface area contributed by atoms with E-state index in [1.54, 1.807) is 4.90 Å². The summed E-state index contributed by atoms with van der Waals surface area (Å²) in [6.45, 7) is 7.61. The first-order valence-corrected chi connectivity index (χ1v) is 7.54. The average Bonchev–Trinajstić information content (AvgIpc) is 2.87. The van der Waals surface area contributed by atoms with Gasteiger partial charge in [-0.3, -0.25) is 14.7 Å². The molecule has 1 aromatic rings. The van der Waals surface area contributed by atoms with Crippen LogP contribution in [0.25, 0.3) is 0 Å². The molecule has 21 heavy (non-hydrogen) atoms. The number of nitrogens with zero attached hydrogens (tertiary/aromatic N) is 2. The van der Waals surface area contributed by atoms with E-state index in [0.29, 0.717) is 31.3 Å². The number of fused-ring (bicyclic) bond motifs is 1. The lowest BCUT2D eigenvalue weighted by Gasteiger charge is -2.18. The summed E-state index contributed by atoms with van der Waals surface area (Å²) in [7, 11) is 0. The fourth-order valence-electron chi connectivity index (χ4n) is 3.18. The summed E-state index contributed by atoms with van der Waals surface area (Å²) in [5, 5.41) is 7.00. The zero-order valence-electron chi connectivity index (χ0n) is 12.6. The van der Waals surface area contributed by atoms with Gasteiger partial charge in [0, 0.05) is 18.8 Å². The van der Waals surface area contributed by atoms with Crippen molar-refractivity contribution in [2.24, 2.45) is 17.8 Å². The third-order valence-electron chi connectivity index (χ3n) is 4.48. The van der Waals surface area contributed by atoms with Gasteiger partial charge in [0.25, 0.3) is 5.91 Å². The average molecular weight is 291 g/mol. The maximum atomic E-state index is 12.4. The van der Waals surface area contributed by atoms with Crippen molar-refractivity contribution >= 4 is 11.9 Å². The Hall–Kier alpha value is -1.85. The Bertz CT molecular complexity index is 554. The smallest absolute Gasteiger partial charge is 0.309 e. The van der Waals surface area contributed by atoms with E-state index >= 15 is 0 Å². The fraction of sp³-hybridized carbons (Fsp3) is 0.667. The van der Waals surface area contributed by atoms with E-state index in [0.717, 1.165) is 5.69 Å². The first kappa shape index (κ1) is 14.1. The van der Waals surface area contributed by atoms with Crippen molar-refractivity contribution < 1.29 is 14.3 Å². The second kappa shape index (κ2) is 5.16. The van der Waals surface area contributed by atoms with Gasteiger partial charge in [0.1, 0.15) is 5.69 Å². The van der Waals surface area contributed by atoms with E-state index in [1.165, 1.54) is 0 Å². The van der Waals surface area contributed by atoms with E-state index in [4.69, 9.17) is 4.74 Å². The Morgan fingerprint density at radius 1 is 1.43 bits per heavy atom. The number of amides is 1. The highest BCUT2D eigenvalue weighted by molar-refractivity contribution is 5.93. The Balaban J connectivity index is 1.59. The van der Waals surface area contributed by atoms with E-state index in [1.807, 2.05) is 13.0 Å². The molecular weight excluding hydrogens is 270 g/mol. The van der Waals surface area contributed by atoms with Crippen LogP contribution in [0.1, 0.15) is 42.9 Å². The third-order valence-corrected chi connectivity index (χ3v) is 4.48. The molecule has 1 amide bonds. The number of carbonyl (C=O) groups excluding carboxylic acids is 2. The number of ether oxygens (including phenoxy) is 1. The van der Waals surface area contributed by atoms with Crippen LogP contribution < -0.4 is 0 Å². The lowest BCUT2D eigenvalue weighted by atomic mass is 10.1. The van der Waals surface area contributed by atoms with Crippen molar-refractivity contribution in [3.8, 4) is 0 Å². The Labute approximate surface area is 123 Å². The van der Waals surface area contributed by atoms with E-state index in [9.17, 15) is 9.59 Å². The second-order valence-electron chi connectivity index (χ2n) is 6.18. The third kappa shape index (κ3) is 2.43. The number of H-pyrrole nitrogens is 1. The first-order chi connectivity index (χ1) is 10.0. The molecular formula is C15H21N3O3. The molecule has 1 N–H and O–H groups in total. The van der Waals surface area contributed by atoms with Gasteiger partial charge in [0.05, 0.1) is 12.5 Å². The van der Waals surface area contributed by atoms with Crippen molar-refractivity contribution in [3.05, 3.63) is 17.5 Å². The molecule has 1 aliphatic carbocycles. The molecule has 2 heterocycles. The minimum absolute atomic E-state index is 0.000547. The summed E-state index contributed by atoms with van der Waals surface area (Å²) >= 11 is 0. The van der Waals surface area contributed by atoms with Gasteiger partial charge >= 0.3 is 5.97 Å². The molecule has 1 aromatic heterocycles. The number of piperidine rings is 1. The van der Waals surface area contributed by atoms with Crippen molar-refractivity contribution in [1.82, 2.24) is 15.1 Å². The molecule has 1 saturated heterocycles. The van der Waals surface area contributed by atoms with Gasteiger partial charge in [-0.05, 0) is 30.7 Å². The molecule has 0 aromatic carbocycles. The number of carbonyl (C=O) groups is 2. The maximum absolute atomic E-state index is 12.4. The van der Waals surface area contributed by atoms with Crippen molar-refractivity contribution in [1.29, 1.82) is 0 Å². The molecule has 6 nitrogen and oxygen atoms in total. The number of nitrogens with one attached hydrogen (secondary N) is 1. The number of hydrogen-bond donors (Lipinski definition) is 1. The summed E-state index contributed by atoms with van der Waals surface area (Å²) in [5.41, 5.74) is 1.43. The second-order valence-corrected chi connectivity index (χ2v) is 6.18. The molecule has 0 spiro atoms. The van der Waals surface area contributed by atoms with E-state index in [-0.39, 0.29) is 29.6 Å². The molecule has 114 valence electrons. The quantitative estimate of drug-likeness (QED) is 0.851. The summed E-state index contributed by atoms with van der Waals surface area (Å²) < 4.78 is 5.05. The molecule has 0 bridgehead atoms. The topological polar surface area (TPSA) is 75.3 Å². The van der Waals surface area contributed by atoms with Crippen LogP contribution >= 0.6 is 0 Å². The van der Waals surface area contributed by atoms with Gasteiger partial charge in [-0.15, -0.1) is 0 Å². The molecule has 0 radical (unpaired) electrons. The number of aromatic amines is 1. The summed E-state index contributed by atoms with van der Waals surface area (Å²) in [5.74, 6) is 0.709. The minimum Gasteiger partial charge on any atom is -0.466 e. The summed E-state index contributed by atoms with van der Waals surface area (Å²) in [4.78, 5) is 25.9. The van der Waals surface area contributed by atoms with Crippen molar-refractivity contribution in [3.63, 3.8) is 0 Å². The monoisotopic (exact) mass is 291 g/mol. The van der Waals surface area contributed by atoms with Gasteiger partial charge in [-0.25, -0.2) is 0 Å². The molecule has 1 saturated carbocycles. The van der Waals surface area contributed by atoms with Crippen LogP contribution in [-0.2, 0) is 9.53 Å². The molecule has 6 heteroatoms. The minimum atomic E-state index is -0.110. The number of rotatable bonds is 4. The highest BCUT2D eigenvalue weighted by Gasteiger charge is 2.61. The highest BCUT2D eigenvalue weighted by Crippen LogP contribution is 2.52. The number of hydrogen-bond acceptors (Lipinski definition) is 4. The Kier molecular flexibility index (Phi) is 3.47. The van der Waals surface area contributed by atoms with Crippen LogP contribution in [0.5, 0.6) is 0 Å². The lowest BCUT2D eigenvalue weighted by molar-refractivity contribution is -0.145. The Morgan fingerprint density at radius 3 is 2.62 bits per heavy atom. The Morgan fingerprint density at radius 2 is 2.10 bits per heavy atom. The fourth-order valence-corrected chi connectivity index (χ4v) is 3.18. The van der Waals surface area contributed by atoms with Crippen LogP contribution in [0, 0.1) is 17.8 Å². The molecule has 2 fully saturated rings. The van der Waals surface area contributed by atoms with Gasteiger partial charge in [0.2, 0.25) is 0 Å². The standard InChI is InChI=1S/C15H21N3O3/c1-4-21-15(20)13-9-6-18(7-10(9)13)14(19)12-5-11(8(2)3)16-17-12/h5,8-10,13H,4,6-7H2,1-3H3,(H,16,17)/t9-,10+,13?. The van der Waals surface area contributed by atoms with Gasteiger partial charge in [-0.1, -0.05) is 13.8 Å². The molecule has 3 rings (SSSR count). The maximum Gasteiger partial charge on any atom is 0.309 e. The van der Waals surface area contributed by atoms with E-state index in [2.05, 4.69) is 24.0 Å².